The van der Waals surface area contributed by atoms with Crippen molar-refractivity contribution < 1.29 is 19.7 Å². The Morgan fingerprint density at radius 2 is 2.13 bits per heavy atom. The van der Waals surface area contributed by atoms with Crippen LogP contribution in [0.5, 0.6) is 5.75 Å². The van der Waals surface area contributed by atoms with Crippen LogP contribution in [-0.2, 0) is 17.8 Å². The zero-order valence-corrected chi connectivity index (χ0v) is 17.1. The zero-order valence-electron chi connectivity index (χ0n) is 17.1. The van der Waals surface area contributed by atoms with Crippen molar-refractivity contribution in [3.05, 3.63) is 60.6 Å². The number of nitrogens with zero attached hydrogens (tertiary/aromatic N) is 4. The van der Waals surface area contributed by atoms with E-state index in [0.717, 1.165) is 11.1 Å². The molecule has 9 nitrogen and oxygen atoms in total. The van der Waals surface area contributed by atoms with Gasteiger partial charge in [-0.3, -0.25) is 14.5 Å². The van der Waals surface area contributed by atoms with E-state index < -0.39 is 18.2 Å². The van der Waals surface area contributed by atoms with Gasteiger partial charge in [0.25, 0.3) is 0 Å². The van der Waals surface area contributed by atoms with Gasteiger partial charge in [-0.1, -0.05) is 17.3 Å². The van der Waals surface area contributed by atoms with Crippen molar-refractivity contribution in [1.29, 1.82) is 0 Å². The number of benzene rings is 1. The SMILES string of the molecule is COc1cccc(CC(=O)N[C@@H]2C[C@H](Cn3cc(-c4cccnc4)nn3)[C@@H](O)[C@H]2O)c1. The van der Waals surface area contributed by atoms with E-state index in [4.69, 9.17) is 4.74 Å². The lowest BCUT2D eigenvalue weighted by molar-refractivity contribution is -0.122. The predicted molar refractivity (Wildman–Crippen MR) is 112 cm³/mol. The van der Waals surface area contributed by atoms with Gasteiger partial charge < -0.3 is 20.3 Å². The van der Waals surface area contributed by atoms with Gasteiger partial charge in [-0.15, -0.1) is 5.10 Å². The largest absolute Gasteiger partial charge is 0.497 e. The van der Waals surface area contributed by atoms with E-state index in [2.05, 4.69) is 20.6 Å². The van der Waals surface area contributed by atoms with E-state index in [9.17, 15) is 15.0 Å². The molecule has 2 aromatic heterocycles. The van der Waals surface area contributed by atoms with Gasteiger partial charge in [0.1, 0.15) is 17.5 Å². The number of hydrogen-bond donors (Lipinski definition) is 3. The van der Waals surface area contributed by atoms with Gasteiger partial charge in [-0.2, -0.15) is 0 Å². The lowest BCUT2D eigenvalue weighted by Gasteiger charge is -2.18. The minimum atomic E-state index is -1.04. The molecular formula is C22H25N5O4. The van der Waals surface area contributed by atoms with Crippen LogP contribution in [0.3, 0.4) is 0 Å². The monoisotopic (exact) mass is 423 g/mol. The third-order valence-electron chi connectivity index (χ3n) is 5.56. The summed E-state index contributed by atoms with van der Waals surface area (Å²) >= 11 is 0. The van der Waals surface area contributed by atoms with Gasteiger partial charge in [0.05, 0.1) is 31.9 Å². The fourth-order valence-electron chi connectivity index (χ4n) is 3.95. The van der Waals surface area contributed by atoms with E-state index in [-0.39, 0.29) is 18.2 Å². The fourth-order valence-corrected chi connectivity index (χ4v) is 3.95. The Hall–Kier alpha value is -3.30. The minimum Gasteiger partial charge on any atom is -0.497 e. The van der Waals surface area contributed by atoms with Crippen molar-refractivity contribution >= 4 is 5.91 Å². The molecule has 0 aliphatic heterocycles. The third kappa shape index (κ3) is 4.89. The molecule has 1 aromatic carbocycles. The second-order valence-corrected chi connectivity index (χ2v) is 7.75. The molecule has 1 fully saturated rings. The number of rotatable bonds is 7. The second kappa shape index (κ2) is 9.23. The molecule has 0 unspecified atom stereocenters. The van der Waals surface area contributed by atoms with Gasteiger partial charge in [0, 0.05) is 30.4 Å². The Balaban J connectivity index is 1.35. The molecule has 4 rings (SSSR count). The average Bonchev–Trinajstić information content (AvgIpc) is 3.35. The van der Waals surface area contributed by atoms with Crippen molar-refractivity contribution in [2.45, 2.75) is 37.6 Å². The molecule has 1 aliphatic carbocycles. The maximum atomic E-state index is 12.5. The number of pyridine rings is 1. The van der Waals surface area contributed by atoms with Crippen LogP contribution in [-0.4, -0.2) is 61.5 Å². The van der Waals surface area contributed by atoms with E-state index in [1.54, 1.807) is 36.4 Å². The number of carbonyl (C=O) groups excluding carboxylic acids is 1. The molecule has 1 amide bonds. The highest BCUT2D eigenvalue weighted by molar-refractivity contribution is 5.79. The number of methoxy groups -OCH3 is 1. The summed E-state index contributed by atoms with van der Waals surface area (Å²) in [5.74, 6) is 0.200. The van der Waals surface area contributed by atoms with Crippen molar-refractivity contribution in [2.75, 3.05) is 7.11 Å². The first-order valence-electron chi connectivity index (χ1n) is 10.1. The minimum absolute atomic E-state index is 0.165. The van der Waals surface area contributed by atoms with E-state index in [1.165, 1.54) is 0 Å². The molecule has 4 atom stereocenters. The number of aliphatic hydroxyl groups is 2. The molecule has 1 aliphatic rings. The molecule has 3 aromatic rings. The maximum Gasteiger partial charge on any atom is 0.224 e. The van der Waals surface area contributed by atoms with Gasteiger partial charge in [0.15, 0.2) is 0 Å². The first kappa shape index (κ1) is 21.0. The number of carbonyl (C=O) groups is 1. The first-order chi connectivity index (χ1) is 15.0. The lowest BCUT2D eigenvalue weighted by atomic mass is 10.1. The van der Waals surface area contributed by atoms with Crippen LogP contribution in [0.15, 0.2) is 55.0 Å². The smallest absolute Gasteiger partial charge is 0.224 e. The van der Waals surface area contributed by atoms with Crippen LogP contribution < -0.4 is 10.1 Å². The number of amides is 1. The molecule has 1 saturated carbocycles. The van der Waals surface area contributed by atoms with E-state index in [1.807, 2.05) is 30.3 Å². The summed E-state index contributed by atoms with van der Waals surface area (Å²) < 4.78 is 6.82. The summed E-state index contributed by atoms with van der Waals surface area (Å²) in [6.07, 6.45) is 3.77. The van der Waals surface area contributed by atoms with Crippen LogP contribution >= 0.6 is 0 Å². The number of hydrogen-bond acceptors (Lipinski definition) is 7. The van der Waals surface area contributed by atoms with Crippen LogP contribution in [0.25, 0.3) is 11.3 Å². The van der Waals surface area contributed by atoms with E-state index in [0.29, 0.717) is 24.4 Å². The molecule has 0 radical (unpaired) electrons. The Labute approximate surface area is 179 Å². The predicted octanol–water partition coefficient (Wildman–Crippen LogP) is 0.818. The third-order valence-corrected chi connectivity index (χ3v) is 5.56. The molecule has 0 spiro atoms. The number of aromatic nitrogens is 4. The number of aliphatic hydroxyl groups excluding tert-OH is 2. The standard InChI is InChI=1S/C22H25N5O4/c1-31-17-6-2-4-14(8-17)9-20(28)24-18-10-16(21(29)22(18)30)12-27-13-19(25-26-27)15-5-3-7-23-11-15/h2-8,11,13,16,18,21-22,29-30H,9-10,12H2,1H3,(H,24,28)/t16-,18-,21-,22+/m1/s1. The van der Waals surface area contributed by atoms with Crippen LogP contribution in [0.1, 0.15) is 12.0 Å². The number of nitrogens with one attached hydrogen (secondary N) is 1. The average molecular weight is 423 g/mol. The normalized spacial score (nSPS) is 22.9. The summed E-state index contributed by atoms with van der Waals surface area (Å²) in [4.78, 5) is 16.5. The lowest BCUT2D eigenvalue weighted by Crippen LogP contribution is -2.43. The quantitative estimate of drug-likeness (QED) is 0.514. The zero-order chi connectivity index (χ0) is 21.8. The van der Waals surface area contributed by atoms with Crippen molar-refractivity contribution in [1.82, 2.24) is 25.3 Å². The van der Waals surface area contributed by atoms with Gasteiger partial charge in [-0.05, 0) is 36.2 Å². The Morgan fingerprint density at radius 3 is 2.90 bits per heavy atom. The summed E-state index contributed by atoms with van der Waals surface area (Å²) in [5, 5.41) is 32.1. The molecule has 2 heterocycles. The van der Waals surface area contributed by atoms with Crippen LogP contribution in [0, 0.1) is 5.92 Å². The van der Waals surface area contributed by atoms with Crippen molar-refractivity contribution in [2.24, 2.45) is 5.92 Å². The molecular weight excluding hydrogens is 398 g/mol. The van der Waals surface area contributed by atoms with Crippen LogP contribution in [0.4, 0.5) is 0 Å². The molecule has 31 heavy (non-hydrogen) atoms. The summed E-state index contributed by atoms with van der Waals surface area (Å²) in [6.45, 7) is 0.383. The van der Waals surface area contributed by atoms with E-state index >= 15 is 0 Å². The summed E-state index contributed by atoms with van der Waals surface area (Å²) in [5.41, 5.74) is 2.35. The van der Waals surface area contributed by atoms with Crippen molar-refractivity contribution in [3.8, 4) is 17.0 Å². The Bertz CT molecular complexity index is 1030. The van der Waals surface area contributed by atoms with Crippen molar-refractivity contribution in [3.63, 3.8) is 0 Å². The first-order valence-corrected chi connectivity index (χ1v) is 10.1. The maximum absolute atomic E-state index is 12.5. The highest BCUT2D eigenvalue weighted by Crippen LogP contribution is 2.28. The van der Waals surface area contributed by atoms with Gasteiger partial charge >= 0.3 is 0 Å². The summed E-state index contributed by atoms with van der Waals surface area (Å²) in [7, 11) is 1.57. The second-order valence-electron chi connectivity index (χ2n) is 7.75. The van der Waals surface area contributed by atoms with Gasteiger partial charge in [-0.25, -0.2) is 0 Å². The van der Waals surface area contributed by atoms with Crippen LogP contribution in [0.2, 0.25) is 0 Å². The molecule has 3 N–H and O–H groups in total. The topological polar surface area (TPSA) is 122 Å². The fraction of sp³-hybridized carbons (Fsp3) is 0.364. The molecule has 162 valence electrons. The number of ether oxygens (including phenoxy) is 1. The Kier molecular flexibility index (Phi) is 6.24. The Morgan fingerprint density at radius 1 is 1.26 bits per heavy atom. The molecule has 9 heteroatoms. The summed E-state index contributed by atoms with van der Waals surface area (Å²) in [6, 6.07) is 10.5. The molecule has 0 saturated heterocycles. The highest BCUT2D eigenvalue weighted by Gasteiger charge is 2.42. The van der Waals surface area contributed by atoms with Gasteiger partial charge in [0.2, 0.25) is 5.91 Å². The highest BCUT2D eigenvalue weighted by atomic mass is 16.5. The molecule has 0 bridgehead atoms.